The fourth-order valence-corrected chi connectivity index (χ4v) is 4.86. The van der Waals surface area contributed by atoms with Crippen LogP contribution in [-0.4, -0.2) is 32.6 Å². The summed E-state index contributed by atoms with van der Waals surface area (Å²) in [5.41, 5.74) is -0.0394. The van der Waals surface area contributed by atoms with Crippen molar-refractivity contribution < 1.29 is 13.2 Å². The van der Waals surface area contributed by atoms with E-state index in [1.165, 1.54) is 0 Å². The topological polar surface area (TPSA) is 67.2 Å². The lowest BCUT2D eigenvalue weighted by atomic mass is 10.0. The molecular weight excluding hydrogens is 274 g/mol. The minimum atomic E-state index is -3.27. The van der Waals surface area contributed by atoms with E-state index in [9.17, 15) is 13.7 Å². The highest BCUT2D eigenvalue weighted by molar-refractivity contribution is 7.92. The van der Waals surface area contributed by atoms with Gasteiger partial charge in [-0.25, -0.2) is 8.42 Å². The molecule has 108 valence electrons. The van der Waals surface area contributed by atoms with E-state index in [-0.39, 0.29) is 18.3 Å². The summed E-state index contributed by atoms with van der Waals surface area (Å²) in [4.78, 5) is 0. The molecule has 1 aromatic rings. The van der Waals surface area contributed by atoms with Gasteiger partial charge in [-0.1, -0.05) is 37.3 Å². The molecule has 1 fully saturated rings. The maximum Gasteiger partial charge on any atom is 0.155 e. The molecule has 4 nitrogen and oxygen atoms in total. The number of rotatable bonds is 6. The van der Waals surface area contributed by atoms with Crippen LogP contribution in [0.1, 0.15) is 25.3 Å². The van der Waals surface area contributed by atoms with Crippen molar-refractivity contribution in [2.75, 3.05) is 19.0 Å². The van der Waals surface area contributed by atoms with Crippen LogP contribution in [0.5, 0.6) is 0 Å². The van der Waals surface area contributed by atoms with E-state index in [0.717, 1.165) is 5.56 Å². The highest BCUT2D eigenvalue weighted by atomic mass is 32.2. The maximum atomic E-state index is 12.3. The predicted molar refractivity (Wildman–Crippen MR) is 77.0 cm³/mol. The van der Waals surface area contributed by atoms with Crippen LogP contribution in [-0.2, 0) is 14.6 Å². The number of hydrogen-bond acceptors (Lipinski definition) is 4. The average Bonchev–Trinajstić information content (AvgIpc) is 3.16. The van der Waals surface area contributed by atoms with Crippen LogP contribution < -0.4 is 0 Å². The highest BCUT2D eigenvalue weighted by Crippen LogP contribution is 2.62. The lowest BCUT2D eigenvalue weighted by Crippen LogP contribution is -2.20. The Balaban J connectivity index is 2.41. The molecule has 20 heavy (non-hydrogen) atoms. The van der Waals surface area contributed by atoms with Crippen molar-refractivity contribution in [2.24, 2.45) is 5.41 Å². The standard InChI is InChI=1S/C15H19NO3S/c1-3-19-11-15(10-16)13(12-8-6-5-7-9-12)14(15)20(17,18)4-2/h5-9,13-14H,3-4,11H2,1-2H3/t13-,14+,15+/m1/s1. The van der Waals surface area contributed by atoms with Crippen LogP contribution in [0.4, 0.5) is 0 Å². The molecular formula is C15H19NO3S. The number of nitriles is 1. The second-order valence-electron chi connectivity index (χ2n) is 5.05. The summed E-state index contributed by atoms with van der Waals surface area (Å²) in [6.45, 7) is 4.11. The Morgan fingerprint density at radius 2 is 1.95 bits per heavy atom. The number of nitrogens with zero attached hydrogens (tertiary/aromatic N) is 1. The zero-order valence-electron chi connectivity index (χ0n) is 11.7. The Labute approximate surface area is 120 Å². The Morgan fingerprint density at radius 3 is 2.45 bits per heavy atom. The maximum absolute atomic E-state index is 12.3. The third-order valence-electron chi connectivity index (χ3n) is 3.96. The minimum Gasteiger partial charge on any atom is -0.380 e. The number of hydrogen-bond donors (Lipinski definition) is 0. The third-order valence-corrected chi connectivity index (χ3v) is 6.23. The largest absolute Gasteiger partial charge is 0.380 e. The molecule has 0 saturated heterocycles. The molecule has 1 aromatic carbocycles. The van der Waals surface area contributed by atoms with Crippen molar-refractivity contribution in [1.82, 2.24) is 0 Å². The van der Waals surface area contributed by atoms with E-state index in [2.05, 4.69) is 6.07 Å². The molecule has 0 spiro atoms. The lowest BCUT2D eigenvalue weighted by Gasteiger charge is -2.09. The first-order chi connectivity index (χ1) is 9.53. The highest BCUT2D eigenvalue weighted by Gasteiger charge is 2.71. The van der Waals surface area contributed by atoms with Crippen molar-refractivity contribution in [2.45, 2.75) is 25.0 Å². The number of ether oxygens (including phenoxy) is 1. The fraction of sp³-hybridized carbons (Fsp3) is 0.533. The van der Waals surface area contributed by atoms with E-state index < -0.39 is 20.5 Å². The van der Waals surface area contributed by atoms with Crippen LogP contribution in [0.3, 0.4) is 0 Å². The smallest absolute Gasteiger partial charge is 0.155 e. The zero-order chi connectivity index (χ0) is 14.8. The van der Waals surface area contributed by atoms with Gasteiger partial charge in [-0.2, -0.15) is 5.26 Å². The van der Waals surface area contributed by atoms with Gasteiger partial charge in [0, 0.05) is 18.3 Å². The van der Waals surface area contributed by atoms with Crippen molar-refractivity contribution in [3.8, 4) is 6.07 Å². The molecule has 0 aliphatic heterocycles. The summed E-state index contributed by atoms with van der Waals surface area (Å²) in [5, 5.41) is 8.90. The van der Waals surface area contributed by atoms with Gasteiger partial charge in [-0.15, -0.1) is 0 Å². The van der Waals surface area contributed by atoms with E-state index in [4.69, 9.17) is 4.74 Å². The monoisotopic (exact) mass is 293 g/mol. The van der Waals surface area contributed by atoms with Gasteiger partial charge in [-0.05, 0) is 12.5 Å². The average molecular weight is 293 g/mol. The quantitative estimate of drug-likeness (QED) is 0.806. The summed E-state index contributed by atoms with van der Waals surface area (Å²) in [7, 11) is -3.27. The van der Waals surface area contributed by atoms with Crippen LogP contribution in [0.25, 0.3) is 0 Å². The summed E-state index contributed by atoms with van der Waals surface area (Å²) < 4.78 is 29.9. The minimum absolute atomic E-state index is 0.0521. The third kappa shape index (κ3) is 2.34. The van der Waals surface area contributed by atoms with Gasteiger partial charge in [0.1, 0.15) is 5.41 Å². The molecule has 5 heteroatoms. The van der Waals surface area contributed by atoms with Crippen LogP contribution >= 0.6 is 0 Å². The van der Waals surface area contributed by atoms with Gasteiger partial charge >= 0.3 is 0 Å². The van der Waals surface area contributed by atoms with E-state index >= 15 is 0 Å². The molecule has 0 bridgehead atoms. The second kappa shape index (κ2) is 5.55. The van der Waals surface area contributed by atoms with E-state index in [1.54, 1.807) is 6.92 Å². The van der Waals surface area contributed by atoms with Gasteiger partial charge < -0.3 is 4.74 Å². The molecule has 0 aromatic heterocycles. The van der Waals surface area contributed by atoms with Crippen molar-refractivity contribution in [1.29, 1.82) is 5.26 Å². The van der Waals surface area contributed by atoms with Gasteiger partial charge in [0.15, 0.2) is 9.84 Å². The molecule has 3 atom stereocenters. The SMILES string of the molecule is CCOC[C@@]1(C#N)[C@H](c2ccccc2)[C@@H]1S(=O)(=O)CC. The van der Waals surface area contributed by atoms with Crippen LogP contribution in [0.2, 0.25) is 0 Å². The van der Waals surface area contributed by atoms with Gasteiger partial charge in [0.2, 0.25) is 0 Å². The molecule has 0 unspecified atom stereocenters. The predicted octanol–water partition coefficient (Wildman–Crippen LogP) is 2.13. The first-order valence-corrected chi connectivity index (χ1v) is 8.50. The zero-order valence-corrected chi connectivity index (χ0v) is 12.6. The summed E-state index contributed by atoms with van der Waals surface area (Å²) >= 11 is 0. The number of benzene rings is 1. The van der Waals surface area contributed by atoms with Crippen molar-refractivity contribution in [3.63, 3.8) is 0 Å². The van der Waals surface area contributed by atoms with E-state index in [1.807, 2.05) is 37.3 Å². The Hall–Kier alpha value is -1.38. The summed E-state index contributed by atoms with van der Waals surface area (Å²) in [6.07, 6.45) is 0. The number of sulfone groups is 1. The van der Waals surface area contributed by atoms with Crippen LogP contribution in [0.15, 0.2) is 30.3 Å². The van der Waals surface area contributed by atoms with Crippen molar-refractivity contribution in [3.05, 3.63) is 35.9 Å². The molecule has 2 rings (SSSR count). The summed E-state index contributed by atoms with van der Waals surface area (Å²) in [6, 6.07) is 11.6. The molecule has 0 radical (unpaired) electrons. The molecule has 0 heterocycles. The van der Waals surface area contributed by atoms with Gasteiger partial charge in [-0.3, -0.25) is 0 Å². The second-order valence-corrected chi connectivity index (χ2v) is 7.46. The Morgan fingerprint density at radius 1 is 1.30 bits per heavy atom. The molecule has 0 amide bonds. The first kappa shape index (κ1) is 15.0. The Bertz CT molecular complexity index is 606. The van der Waals surface area contributed by atoms with Gasteiger partial charge in [0.25, 0.3) is 0 Å². The molecule has 1 saturated carbocycles. The first-order valence-electron chi connectivity index (χ1n) is 6.79. The molecule has 0 N–H and O–H groups in total. The van der Waals surface area contributed by atoms with Crippen molar-refractivity contribution >= 4 is 9.84 Å². The normalized spacial score (nSPS) is 28.9. The molecule has 1 aliphatic carbocycles. The fourth-order valence-electron chi connectivity index (χ4n) is 2.85. The van der Waals surface area contributed by atoms with Crippen LogP contribution in [0, 0.1) is 16.7 Å². The Kier molecular flexibility index (Phi) is 4.17. The lowest BCUT2D eigenvalue weighted by molar-refractivity contribution is 0.117. The molecule has 1 aliphatic rings. The van der Waals surface area contributed by atoms with Gasteiger partial charge in [0.05, 0.1) is 17.9 Å². The van der Waals surface area contributed by atoms with E-state index in [0.29, 0.717) is 6.61 Å². The summed E-state index contributed by atoms with van der Waals surface area (Å²) in [5.74, 6) is -0.235.